The standard InChI is InChI=1S/C30H44O4/c1-25(2)21-8-11-30(7)23(28(21,5)10-9-22(25)32)20(31)16-18-19-17-27(4,24(33)34)13-12-26(19,3)14-15-29(18,30)6/h16,19,21,23H,8-15,17H2,1-7H3,(H,33,34)/p-1/t19-,21-,23+,26+,27-,28-,29+,30+/m0/s1. The van der Waals surface area contributed by atoms with Crippen molar-refractivity contribution in [1.29, 1.82) is 0 Å². The summed E-state index contributed by atoms with van der Waals surface area (Å²) in [6.45, 7) is 15.4. The molecule has 0 saturated heterocycles. The average Bonchev–Trinajstić information content (AvgIpc) is 2.73. The minimum atomic E-state index is -0.948. The second kappa shape index (κ2) is 6.85. The zero-order valence-electron chi connectivity index (χ0n) is 22.3. The van der Waals surface area contributed by atoms with Crippen LogP contribution < -0.4 is 5.11 Å². The molecule has 0 unspecified atom stereocenters. The highest BCUT2D eigenvalue weighted by atomic mass is 16.4. The first-order valence-corrected chi connectivity index (χ1v) is 13.6. The molecular weight excluding hydrogens is 424 g/mol. The molecule has 0 radical (unpaired) electrons. The maximum Gasteiger partial charge on any atom is 0.159 e. The van der Waals surface area contributed by atoms with Crippen molar-refractivity contribution in [2.24, 2.45) is 50.2 Å². The van der Waals surface area contributed by atoms with Crippen LogP contribution in [0, 0.1) is 50.2 Å². The summed E-state index contributed by atoms with van der Waals surface area (Å²) in [5.74, 6) is -0.110. The number of hydrogen-bond acceptors (Lipinski definition) is 4. The van der Waals surface area contributed by atoms with Gasteiger partial charge in [0, 0.05) is 29.1 Å². The summed E-state index contributed by atoms with van der Waals surface area (Å²) < 4.78 is 0. The summed E-state index contributed by atoms with van der Waals surface area (Å²) in [5, 5.41) is 12.1. The largest absolute Gasteiger partial charge is 0.550 e. The first-order chi connectivity index (χ1) is 15.6. The molecule has 4 nitrogen and oxygen atoms in total. The van der Waals surface area contributed by atoms with Gasteiger partial charge in [0.25, 0.3) is 0 Å². The topological polar surface area (TPSA) is 74.3 Å². The van der Waals surface area contributed by atoms with E-state index in [0.29, 0.717) is 25.0 Å². The molecule has 0 N–H and O–H groups in total. The second-order valence-electron chi connectivity index (χ2n) is 14.7. The Morgan fingerprint density at radius 3 is 2.21 bits per heavy atom. The molecule has 8 atom stereocenters. The number of ketones is 2. The highest BCUT2D eigenvalue weighted by Gasteiger charge is 2.70. The van der Waals surface area contributed by atoms with E-state index in [1.54, 1.807) is 0 Å². The van der Waals surface area contributed by atoms with E-state index < -0.39 is 11.4 Å². The van der Waals surface area contributed by atoms with Crippen molar-refractivity contribution in [2.45, 2.75) is 106 Å². The molecule has 5 rings (SSSR count). The van der Waals surface area contributed by atoms with Gasteiger partial charge in [-0.05, 0) is 90.9 Å². The first kappa shape index (κ1) is 24.3. The van der Waals surface area contributed by atoms with Crippen molar-refractivity contribution < 1.29 is 19.5 Å². The van der Waals surface area contributed by atoms with Gasteiger partial charge in [0.15, 0.2) is 5.78 Å². The van der Waals surface area contributed by atoms with E-state index in [2.05, 4.69) is 41.5 Å². The lowest BCUT2D eigenvalue weighted by Gasteiger charge is -2.70. The van der Waals surface area contributed by atoms with Crippen molar-refractivity contribution in [1.82, 2.24) is 0 Å². The van der Waals surface area contributed by atoms with Crippen molar-refractivity contribution in [3.05, 3.63) is 11.6 Å². The van der Waals surface area contributed by atoms with Crippen molar-refractivity contribution >= 4 is 17.5 Å². The van der Waals surface area contributed by atoms with Crippen LogP contribution in [0.25, 0.3) is 0 Å². The average molecular weight is 468 g/mol. The predicted molar refractivity (Wildman–Crippen MR) is 129 cm³/mol. The van der Waals surface area contributed by atoms with Crippen molar-refractivity contribution in [3.63, 3.8) is 0 Å². The molecule has 188 valence electrons. The Morgan fingerprint density at radius 1 is 0.912 bits per heavy atom. The number of rotatable bonds is 1. The molecule has 0 aliphatic heterocycles. The molecule has 34 heavy (non-hydrogen) atoms. The molecule has 5 aliphatic rings. The number of carboxylic acid groups (broad SMARTS) is 1. The van der Waals surface area contributed by atoms with Crippen LogP contribution in [0.1, 0.15) is 106 Å². The summed E-state index contributed by atoms with van der Waals surface area (Å²) in [4.78, 5) is 39.2. The van der Waals surface area contributed by atoms with Crippen LogP contribution in [0.2, 0.25) is 0 Å². The number of carbonyl (C=O) groups excluding carboxylic acids is 3. The molecule has 5 aliphatic carbocycles. The summed E-state index contributed by atoms with van der Waals surface area (Å²) in [6, 6.07) is 0. The van der Waals surface area contributed by atoms with Crippen LogP contribution in [-0.2, 0) is 14.4 Å². The summed E-state index contributed by atoms with van der Waals surface area (Å²) in [5.41, 5.74) is -0.424. The Labute approximate surface area is 205 Å². The molecule has 0 aromatic heterocycles. The fraction of sp³-hybridized carbons (Fsp3) is 0.833. The third-order valence-electron chi connectivity index (χ3n) is 12.8. The minimum absolute atomic E-state index is 0.0458. The normalized spacial score (nSPS) is 52.0. The second-order valence-corrected chi connectivity index (χ2v) is 14.7. The number of aliphatic carboxylic acids is 1. The fourth-order valence-corrected chi connectivity index (χ4v) is 10.2. The molecule has 0 bridgehead atoms. The first-order valence-electron chi connectivity index (χ1n) is 13.6. The lowest BCUT2D eigenvalue weighted by Crippen LogP contribution is -2.66. The van der Waals surface area contributed by atoms with Crippen LogP contribution in [0.3, 0.4) is 0 Å². The van der Waals surface area contributed by atoms with Crippen LogP contribution in [0.5, 0.6) is 0 Å². The maximum atomic E-state index is 14.2. The zero-order valence-corrected chi connectivity index (χ0v) is 22.3. The lowest BCUT2D eigenvalue weighted by atomic mass is 9.33. The van der Waals surface area contributed by atoms with E-state index >= 15 is 0 Å². The van der Waals surface area contributed by atoms with Crippen LogP contribution in [0.15, 0.2) is 11.6 Å². The molecule has 0 aromatic carbocycles. The highest BCUT2D eigenvalue weighted by Crippen LogP contribution is 2.74. The Kier molecular flexibility index (Phi) is 4.89. The minimum Gasteiger partial charge on any atom is -0.550 e. The Balaban J connectivity index is 1.63. The maximum absolute atomic E-state index is 14.2. The summed E-state index contributed by atoms with van der Waals surface area (Å²) >= 11 is 0. The Hall–Kier alpha value is -1.45. The third-order valence-corrected chi connectivity index (χ3v) is 12.8. The number of allylic oxidation sites excluding steroid dienone is 2. The van der Waals surface area contributed by atoms with Gasteiger partial charge in [-0.1, -0.05) is 54.0 Å². The van der Waals surface area contributed by atoms with E-state index in [0.717, 1.165) is 38.5 Å². The Bertz CT molecular complexity index is 1010. The van der Waals surface area contributed by atoms with E-state index in [1.807, 2.05) is 13.0 Å². The molecule has 0 aromatic rings. The number of hydrogen-bond donors (Lipinski definition) is 0. The number of carbonyl (C=O) groups is 3. The summed E-state index contributed by atoms with van der Waals surface area (Å²) in [6.07, 6.45) is 9.52. The zero-order chi connectivity index (χ0) is 25.1. The monoisotopic (exact) mass is 467 g/mol. The predicted octanol–water partition coefficient (Wildman–Crippen LogP) is 5.29. The molecule has 0 heterocycles. The number of Topliss-reactive ketones (excluding diaryl/α,β-unsaturated/α-hetero) is 1. The number of fused-ring (bicyclic) bond motifs is 7. The van der Waals surface area contributed by atoms with Crippen molar-refractivity contribution in [2.75, 3.05) is 0 Å². The smallest absolute Gasteiger partial charge is 0.159 e. The van der Waals surface area contributed by atoms with Crippen molar-refractivity contribution in [3.8, 4) is 0 Å². The molecule has 4 fully saturated rings. The van der Waals surface area contributed by atoms with Gasteiger partial charge in [-0.2, -0.15) is 0 Å². The Morgan fingerprint density at radius 2 is 1.56 bits per heavy atom. The van der Waals surface area contributed by atoms with Gasteiger partial charge in [0.1, 0.15) is 5.78 Å². The molecule has 0 spiro atoms. The van der Waals surface area contributed by atoms with E-state index in [9.17, 15) is 19.5 Å². The van der Waals surface area contributed by atoms with E-state index in [-0.39, 0.29) is 50.6 Å². The third kappa shape index (κ3) is 2.75. The van der Waals surface area contributed by atoms with Crippen LogP contribution >= 0.6 is 0 Å². The van der Waals surface area contributed by atoms with Gasteiger partial charge in [0.2, 0.25) is 0 Å². The molecule has 0 amide bonds. The van der Waals surface area contributed by atoms with Crippen LogP contribution in [-0.4, -0.2) is 17.5 Å². The van der Waals surface area contributed by atoms with Gasteiger partial charge in [0.05, 0.1) is 0 Å². The molecule has 4 heteroatoms. The fourth-order valence-electron chi connectivity index (χ4n) is 10.2. The van der Waals surface area contributed by atoms with E-state index in [1.165, 1.54) is 5.57 Å². The SMILES string of the molecule is CC1(C)C(=O)CC[C@]2(C)[C@H]3C(=O)C=C4[C@@H]5C[C@@](C)(C(=O)[O-])CC[C@]5(C)CC[C@@]4(C)[C@]3(C)CC[C@@H]12. The highest BCUT2D eigenvalue weighted by molar-refractivity contribution is 5.96. The van der Waals surface area contributed by atoms with Gasteiger partial charge >= 0.3 is 0 Å². The van der Waals surface area contributed by atoms with Gasteiger partial charge in [-0.15, -0.1) is 0 Å². The molecular formula is C30H43O4-. The van der Waals surface area contributed by atoms with E-state index in [4.69, 9.17) is 0 Å². The number of carboxylic acids is 1. The van der Waals surface area contributed by atoms with Crippen LogP contribution in [0.4, 0.5) is 0 Å². The van der Waals surface area contributed by atoms with Gasteiger partial charge in [-0.3, -0.25) is 9.59 Å². The summed E-state index contributed by atoms with van der Waals surface area (Å²) in [7, 11) is 0. The van der Waals surface area contributed by atoms with Gasteiger partial charge < -0.3 is 9.90 Å². The quantitative estimate of drug-likeness (QED) is 0.525. The lowest BCUT2D eigenvalue weighted by molar-refractivity contribution is -0.321. The molecule has 4 saturated carbocycles. The van der Waals surface area contributed by atoms with Gasteiger partial charge in [-0.25, -0.2) is 0 Å².